The lowest BCUT2D eigenvalue weighted by molar-refractivity contribution is 0.101. The van der Waals surface area contributed by atoms with E-state index in [1.165, 1.54) is 6.07 Å². The van der Waals surface area contributed by atoms with Crippen LogP contribution in [0.3, 0.4) is 0 Å². The van der Waals surface area contributed by atoms with Crippen LogP contribution in [-0.2, 0) is 0 Å². The Morgan fingerprint density at radius 3 is 2.78 bits per heavy atom. The first-order chi connectivity index (χ1) is 8.63. The van der Waals surface area contributed by atoms with Crippen molar-refractivity contribution in [2.75, 3.05) is 13.2 Å². The second kappa shape index (κ2) is 8.06. The van der Waals surface area contributed by atoms with Crippen molar-refractivity contribution >= 4 is 0 Å². The number of hydrogen-bond acceptors (Lipinski definition) is 3. The molecule has 102 valence electrons. The minimum Gasteiger partial charge on any atom is -0.488 e. The molecule has 3 nitrogen and oxygen atoms in total. The predicted molar refractivity (Wildman–Crippen MR) is 70.3 cm³/mol. The van der Waals surface area contributed by atoms with E-state index in [4.69, 9.17) is 4.74 Å². The Balaban J connectivity index is 2.25. The van der Waals surface area contributed by atoms with Gasteiger partial charge in [-0.15, -0.1) is 0 Å². The molecule has 0 aliphatic heterocycles. The fourth-order valence-electron chi connectivity index (χ4n) is 1.68. The van der Waals surface area contributed by atoms with E-state index in [1.54, 1.807) is 18.2 Å². The van der Waals surface area contributed by atoms with E-state index < -0.39 is 11.9 Å². The number of ether oxygens (including phenoxy) is 1. The van der Waals surface area contributed by atoms with Crippen LogP contribution in [0.2, 0.25) is 0 Å². The van der Waals surface area contributed by atoms with Gasteiger partial charge >= 0.3 is 0 Å². The number of aliphatic hydroxyl groups excluding tert-OH is 1. The van der Waals surface area contributed by atoms with Gasteiger partial charge in [-0.05, 0) is 25.5 Å². The fourth-order valence-corrected chi connectivity index (χ4v) is 1.68. The molecule has 0 aliphatic rings. The topological polar surface area (TPSA) is 41.5 Å². The second-order valence-electron chi connectivity index (χ2n) is 4.49. The molecule has 0 fully saturated rings. The Labute approximate surface area is 108 Å². The molecule has 1 rings (SSSR count). The van der Waals surface area contributed by atoms with Gasteiger partial charge in [-0.25, -0.2) is 4.39 Å². The molecule has 1 aromatic carbocycles. The molecular weight excluding hydrogens is 233 g/mol. The van der Waals surface area contributed by atoms with E-state index in [-0.39, 0.29) is 12.4 Å². The summed E-state index contributed by atoms with van der Waals surface area (Å²) < 4.78 is 18.5. The molecule has 0 bridgehead atoms. The highest BCUT2D eigenvalue weighted by Crippen LogP contribution is 2.15. The van der Waals surface area contributed by atoms with Crippen LogP contribution in [0.5, 0.6) is 5.75 Å². The monoisotopic (exact) mass is 255 g/mol. The Bertz CT molecular complexity index is 346. The van der Waals surface area contributed by atoms with Crippen molar-refractivity contribution in [3.8, 4) is 5.75 Å². The van der Waals surface area contributed by atoms with E-state index >= 15 is 0 Å². The zero-order valence-corrected chi connectivity index (χ0v) is 11.0. The van der Waals surface area contributed by atoms with Crippen LogP contribution < -0.4 is 10.1 Å². The molecular formula is C14H22FNO2. The number of para-hydroxylation sites is 1. The van der Waals surface area contributed by atoms with Crippen molar-refractivity contribution in [3.05, 3.63) is 30.1 Å². The van der Waals surface area contributed by atoms with Crippen molar-refractivity contribution in [1.29, 1.82) is 0 Å². The third kappa shape index (κ3) is 5.47. The molecule has 0 saturated heterocycles. The highest BCUT2D eigenvalue weighted by molar-refractivity contribution is 5.23. The summed E-state index contributed by atoms with van der Waals surface area (Å²) in [6.07, 6.45) is 1.54. The lowest BCUT2D eigenvalue weighted by Crippen LogP contribution is -2.36. The standard InChI is InChI=1S/C14H22FNO2/c1-3-6-11(2)16-9-12(17)10-18-14-8-5-4-7-13(14)15/h4-5,7-8,11-12,16-17H,3,6,9-10H2,1-2H3. The molecule has 0 heterocycles. The Kier molecular flexibility index (Phi) is 6.68. The van der Waals surface area contributed by atoms with Crippen molar-refractivity contribution in [2.24, 2.45) is 0 Å². The van der Waals surface area contributed by atoms with E-state index in [9.17, 15) is 9.50 Å². The van der Waals surface area contributed by atoms with Crippen LogP contribution in [0, 0.1) is 5.82 Å². The molecule has 0 amide bonds. The number of hydrogen-bond donors (Lipinski definition) is 2. The van der Waals surface area contributed by atoms with Gasteiger partial charge < -0.3 is 15.2 Å². The molecule has 0 radical (unpaired) electrons. The average molecular weight is 255 g/mol. The zero-order valence-electron chi connectivity index (χ0n) is 11.0. The van der Waals surface area contributed by atoms with Gasteiger partial charge in [0.1, 0.15) is 12.7 Å². The Hall–Kier alpha value is -1.13. The Morgan fingerprint density at radius 2 is 2.11 bits per heavy atom. The van der Waals surface area contributed by atoms with Crippen molar-refractivity contribution in [1.82, 2.24) is 5.32 Å². The quantitative estimate of drug-likeness (QED) is 0.749. The molecule has 0 aromatic heterocycles. The molecule has 0 aliphatic carbocycles. The van der Waals surface area contributed by atoms with Gasteiger partial charge in [0.05, 0.1) is 0 Å². The molecule has 2 atom stereocenters. The summed E-state index contributed by atoms with van der Waals surface area (Å²) in [4.78, 5) is 0. The molecule has 2 unspecified atom stereocenters. The third-order valence-corrected chi connectivity index (χ3v) is 2.69. The summed E-state index contributed by atoms with van der Waals surface area (Å²) in [5.74, 6) is -0.227. The normalized spacial score (nSPS) is 14.2. The maximum Gasteiger partial charge on any atom is 0.165 e. The second-order valence-corrected chi connectivity index (χ2v) is 4.49. The van der Waals surface area contributed by atoms with E-state index in [0.29, 0.717) is 12.6 Å². The number of halogens is 1. The summed E-state index contributed by atoms with van der Waals surface area (Å²) >= 11 is 0. The van der Waals surface area contributed by atoms with Crippen molar-refractivity contribution in [2.45, 2.75) is 38.8 Å². The fraction of sp³-hybridized carbons (Fsp3) is 0.571. The van der Waals surface area contributed by atoms with Crippen LogP contribution in [0.1, 0.15) is 26.7 Å². The average Bonchev–Trinajstić information content (AvgIpc) is 2.36. The van der Waals surface area contributed by atoms with Gasteiger partial charge in [0.25, 0.3) is 0 Å². The largest absolute Gasteiger partial charge is 0.488 e. The Morgan fingerprint density at radius 1 is 1.39 bits per heavy atom. The highest BCUT2D eigenvalue weighted by Gasteiger charge is 2.09. The lowest BCUT2D eigenvalue weighted by atomic mass is 10.2. The van der Waals surface area contributed by atoms with Gasteiger partial charge in [0, 0.05) is 12.6 Å². The maximum atomic E-state index is 13.2. The number of benzene rings is 1. The third-order valence-electron chi connectivity index (χ3n) is 2.69. The molecule has 0 saturated carbocycles. The van der Waals surface area contributed by atoms with Crippen LogP contribution in [0.4, 0.5) is 4.39 Å². The summed E-state index contributed by atoms with van der Waals surface area (Å²) in [6.45, 7) is 4.74. The first-order valence-corrected chi connectivity index (χ1v) is 6.42. The van der Waals surface area contributed by atoms with Crippen LogP contribution in [0.15, 0.2) is 24.3 Å². The molecule has 18 heavy (non-hydrogen) atoms. The lowest BCUT2D eigenvalue weighted by Gasteiger charge is -2.17. The van der Waals surface area contributed by atoms with Gasteiger partial charge in [-0.1, -0.05) is 25.5 Å². The van der Waals surface area contributed by atoms with Crippen molar-refractivity contribution in [3.63, 3.8) is 0 Å². The van der Waals surface area contributed by atoms with Crippen molar-refractivity contribution < 1.29 is 14.2 Å². The number of nitrogens with one attached hydrogen (secondary N) is 1. The minimum absolute atomic E-state index is 0.0901. The predicted octanol–water partition coefficient (Wildman–Crippen LogP) is 2.34. The number of rotatable bonds is 8. The molecule has 2 N–H and O–H groups in total. The first kappa shape index (κ1) is 14.9. The van der Waals surface area contributed by atoms with Crippen LogP contribution in [0.25, 0.3) is 0 Å². The molecule has 0 spiro atoms. The van der Waals surface area contributed by atoms with Crippen LogP contribution >= 0.6 is 0 Å². The van der Waals surface area contributed by atoms with Gasteiger partial charge in [0.15, 0.2) is 11.6 Å². The highest BCUT2D eigenvalue weighted by atomic mass is 19.1. The summed E-state index contributed by atoms with van der Waals surface area (Å²) in [5.41, 5.74) is 0. The van der Waals surface area contributed by atoms with Gasteiger partial charge in [-0.3, -0.25) is 0 Å². The van der Waals surface area contributed by atoms with E-state index in [1.807, 2.05) is 0 Å². The van der Waals surface area contributed by atoms with E-state index in [2.05, 4.69) is 19.2 Å². The SMILES string of the molecule is CCCC(C)NCC(O)COc1ccccc1F. The molecule has 1 aromatic rings. The first-order valence-electron chi connectivity index (χ1n) is 6.42. The maximum absolute atomic E-state index is 13.2. The summed E-state index contributed by atoms with van der Waals surface area (Å²) in [7, 11) is 0. The van der Waals surface area contributed by atoms with Gasteiger partial charge in [0.2, 0.25) is 0 Å². The summed E-state index contributed by atoms with van der Waals surface area (Å²) in [6, 6.07) is 6.57. The minimum atomic E-state index is -0.635. The van der Waals surface area contributed by atoms with Crippen LogP contribution in [-0.4, -0.2) is 30.4 Å². The smallest absolute Gasteiger partial charge is 0.165 e. The summed E-state index contributed by atoms with van der Waals surface area (Å²) in [5, 5.41) is 12.9. The molecule has 4 heteroatoms. The van der Waals surface area contributed by atoms with E-state index in [0.717, 1.165) is 12.8 Å². The number of aliphatic hydroxyl groups is 1. The zero-order chi connectivity index (χ0) is 13.4. The van der Waals surface area contributed by atoms with Gasteiger partial charge in [-0.2, -0.15) is 0 Å².